The standard InChI is InChI=1S/C28H23NO4S/c30-27(31)25(16-18-7-5-8-19(15-18)26-13-6-14-34-26)29-28(32)33-17-24-22-11-3-1-9-20(22)21-10-2-4-12-23(21)24/h1-15,24-25H,16-17H2,(H,29,32)(H,30,31). The van der Waals surface area contributed by atoms with Crippen LogP contribution in [-0.4, -0.2) is 29.8 Å². The van der Waals surface area contributed by atoms with E-state index in [1.165, 1.54) is 0 Å². The lowest BCUT2D eigenvalue weighted by Crippen LogP contribution is -2.42. The third-order valence-corrected chi connectivity index (χ3v) is 7.03. The average molecular weight is 470 g/mol. The molecule has 0 bridgehead atoms. The number of aliphatic carboxylic acids is 1. The van der Waals surface area contributed by atoms with Crippen LogP contribution in [0, 0.1) is 0 Å². The van der Waals surface area contributed by atoms with Gasteiger partial charge >= 0.3 is 12.1 Å². The quantitative estimate of drug-likeness (QED) is 0.351. The molecule has 1 unspecified atom stereocenters. The molecule has 3 aromatic carbocycles. The zero-order chi connectivity index (χ0) is 23.5. The molecule has 0 saturated heterocycles. The number of thiophene rings is 1. The molecule has 1 aliphatic carbocycles. The summed E-state index contributed by atoms with van der Waals surface area (Å²) < 4.78 is 5.53. The first-order chi connectivity index (χ1) is 16.6. The molecule has 1 aliphatic rings. The molecule has 1 amide bonds. The van der Waals surface area contributed by atoms with Crippen molar-refractivity contribution in [2.75, 3.05) is 6.61 Å². The smallest absolute Gasteiger partial charge is 0.407 e. The maximum atomic E-state index is 12.6. The van der Waals surface area contributed by atoms with Crippen LogP contribution in [0.1, 0.15) is 22.6 Å². The summed E-state index contributed by atoms with van der Waals surface area (Å²) in [6, 6.07) is 26.8. The van der Waals surface area contributed by atoms with E-state index >= 15 is 0 Å². The number of hydrogen-bond acceptors (Lipinski definition) is 4. The third kappa shape index (κ3) is 4.45. The van der Waals surface area contributed by atoms with E-state index in [1.54, 1.807) is 11.3 Å². The molecule has 6 heteroatoms. The van der Waals surface area contributed by atoms with Crippen LogP contribution in [0.25, 0.3) is 21.6 Å². The largest absolute Gasteiger partial charge is 0.480 e. The summed E-state index contributed by atoms with van der Waals surface area (Å²) in [7, 11) is 0. The van der Waals surface area contributed by atoms with Gasteiger partial charge in [-0.25, -0.2) is 9.59 Å². The van der Waals surface area contributed by atoms with Crippen LogP contribution < -0.4 is 5.32 Å². The monoisotopic (exact) mass is 469 g/mol. The predicted octanol–water partition coefficient (Wildman–Crippen LogP) is 5.95. The van der Waals surface area contributed by atoms with Crippen molar-refractivity contribution in [1.29, 1.82) is 0 Å². The van der Waals surface area contributed by atoms with Gasteiger partial charge in [-0.2, -0.15) is 0 Å². The Morgan fingerprint density at radius 3 is 2.26 bits per heavy atom. The first kappa shape index (κ1) is 21.9. The van der Waals surface area contributed by atoms with Crippen LogP contribution in [0.2, 0.25) is 0 Å². The number of hydrogen-bond donors (Lipinski definition) is 2. The Morgan fingerprint density at radius 2 is 1.62 bits per heavy atom. The maximum absolute atomic E-state index is 12.6. The van der Waals surface area contributed by atoms with E-state index in [9.17, 15) is 14.7 Å². The molecule has 5 nitrogen and oxygen atoms in total. The molecule has 34 heavy (non-hydrogen) atoms. The maximum Gasteiger partial charge on any atom is 0.407 e. The summed E-state index contributed by atoms with van der Waals surface area (Å²) in [6.07, 6.45) is -0.567. The lowest BCUT2D eigenvalue weighted by molar-refractivity contribution is -0.139. The summed E-state index contributed by atoms with van der Waals surface area (Å²) in [5.41, 5.74) is 6.35. The molecule has 1 heterocycles. The van der Waals surface area contributed by atoms with E-state index in [0.29, 0.717) is 0 Å². The normalized spacial score (nSPS) is 13.1. The number of amides is 1. The number of carboxylic acids is 1. The van der Waals surface area contributed by atoms with Crippen molar-refractivity contribution in [2.45, 2.75) is 18.4 Å². The topological polar surface area (TPSA) is 75.6 Å². The molecule has 170 valence electrons. The molecule has 1 aromatic heterocycles. The van der Waals surface area contributed by atoms with Crippen LogP contribution in [0.15, 0.2) is 90.3 Å². The first-order valence-electron chi connectivity index (χ1n) is 11.1. The second-order valence-electron chi connectivity index (χ2n) is 8.24. The molecule has 0 aliphatic heterocycles. The van der Waals surface area contributed by atoms with Gasteiger partial charge in [0, 0.05) is 17.2 Å². The van der Waals surface area contributed by atoms with Gasteiger partial charge in [-0.15, -0.1) is 11.3 Å². The molecular formula is C28H23NO4S. The van der Waals surface area contributed by atoms with Crippen LogP contribution in [0.5, 0.6) is 0 Å². The second-order valence-corrected chi connectivity index (χ2v) is 9.19. The molecule has 0 spiro atoms. The van der Waals surface area contributed by atoms with Crippen molar-refractivity contribution in [3.05, 3.63) is 107 Å². The summed E-state index contributed by atoms with van der Waals surface area (Å²) in [4.78, 5) is 25.6. The number of ether oxygens (including phenoxy) is 1. The molecule has 0 radical (unpaired) electrons. The minimum absolute atomic E-state index is 0.0797. The third-order valence-electron chi connectivity index (χ3n) is 6.11. The van der Waals surface area contributed by atoms with Gasteiger partial charge in [0.1, 0.15) is 12.6 Å². The van der Waals surface area contributed by atoms with E-state index in [4.69, 9.17) is 4.74 Å². The number of nitrogens with one attached hydrogen (secondary N) is 1. The van der Waals surface area contributed by atoms with Crippen molar-refractivity contribution in [2.24, 2.45) is 0 Å². The van der Waals surface area contributed by atoms with Gasteiger partial charge in [0.25, 0.3) is 0 Å². The summed E-state index contributed by atoms with van der Waals surface area (Å²) >= 11 is 1.62. The minimum atomic E-state index is -1.10. The zero-order valence-electron chi connectivity index (χ0n) is 18.3. The molecule has 0 fully saturated rings. The predicted molar refractivity (Wildman–Crippen MR) is 133 cm³/mol. The lowest BCUT2D eigenvalue weighted by atomic mass is 9.98. The number of alkyl carbamates (subject to hydrolysis) is 1. The first-order valence-corrected chi connectivity index (χ1v) is 12.0. The number of benzene rings is 3. The average Bonchev–Trinajstić information content (AvgIpc) is 3.50. The molecule has 0 saturated carbocycles. The van der Waals surface area contributed by atoms with Crippen molar-refractivity contribution in [3.63, 3.8) is 0 Å². The Kier molecular flexibility index (Phi) is 6.14. The van der Waals surface area contributed by atoms with Crippen molar-refractivity contribution in [1.82, 2.24) is 5.32 Å². The Morgan fingerprint density at radius 1 is 0.912 bits per heavy atom. The van der Waals surface area contributed by atoms with Crippen molar-refractivity contribution < 1.29 is 19.4 Å². The fourth-order valence-electron chi connectivity index (χ4n) is 4.51. The Bertz CT molecular complexity index is 1290. The van der Waals surface area contributed by atoms with E-state index in [1.807, 2.05) is 78.2 Å². The summed E-state index contributed by atoms with van der Waals surface area (Å²) in [5.74, 6) is -1.18. The molecule has 2 N–H and O–H groups in total. The van der Waals surface area contributed by atoms with Crippen LogP contribution in [-0.2, 0) is 16.0 Å². The van der Waals surface area contributed by atoms with E-state index in [-0.39, 0.29) is 18.9 Å². The number of carbonyl (C=O) groups excluding carboxylic acids is 1. The van der Waals surface area contributed by atoms with E-state index in [2.05, 4.69) is 17.4 Å². The summed E-state index contributed by atoms with van der Waals surface area (Å²) in [6.45, 7) is 0.139. The van der Waals surface area contributed by atoms with Gasteiger partial charge in [0.2, 0.25) is 0 Å². The Balaban J connectivity index is 1.26. The number of carboxylic acid groups (broad SMARTS) is 1. The second kappa shape index (κ2) is 9.53. The van der Waals surface area contributed by atoms with Crippen LogP contribution >= 0.6 is 11.3 Å². The number of fused-ring (bicyclic) bond motifs is 3. The molecule has 1 atom stereocenters. The number of rotatable bonds is 7. The summed E-state index contributed by atoms with van der Waals surface area (Å²) in [5, 5.41) is 14.2. The van der Waals surface area contributed by atoms with Crippen LogP contribution in [0.4, 0.5) is 4.79 Å². The van der Waals surface area contributed by atoms with Crippen LogP contribution in [0.3, 0.4) is 0 Å². The van der Waals surface area contributed by atoms with E-state index in [0.717, 1.165) is 38.3 Å². The fourth-order valence-corrected chi connectivity index (χ4v) is 5.24. The highest BCUT2D eigenvalue weighted by atomic mass is 32.1. The van der Waals surface area contributed by atoms with E-state index < -0.39 is 18.1 Å². The van der Waals surface area contributed by atoms with Crippen molar-refractivity contribution >= 4 is 23.4 Å². The van der Waals surface area contributed by atoms with Gasteiger partial charge in [-0.1, -0.05) is 78.9 Å². The Labute approximate surface area is 201 Å². The Hall–Kier alpha value is -3.90. The molecule has 5 rings (SSSR count). The highest BCUT2D eigenvalue weighted by molar-refractivity contribution is 7.13. The van der Waals surface area contributed by atoms with Gasteiger partial charge in [0.05, 0.1) is 0 Å². The highest BCUT2D eigenvalue weighted by Crippen LogP contribution is 2.44. The van der Waals surface area contributed by atoms with Gasteiger partial charge in [-0.3, -0.25) is 0 Å². The highest BCUT2D eigenvalue weighted by Gasteiger charge is 2.29. The number of carbonyl (C=O) groups is 2. The lowest BCUT2D eigenvalue weighted by Gasteiger charge is -2.18. The zero-order valence-corrected chi connectivity index (χ0v) is 19.1. The fraction of sp³-hybridized carbons (Fsp3) is 0.143. The molecular weight excluding hydrogens is 446 g/mol. The SMILES string of the molecule is O=C(NC(Cc1cccc(-c2cccs2)c1)C(=O)O)OCC1c2ccccc2-c2ccccc21. The van der Waals surface area contributed by atoms with Gasteiger partial charge in [-0.05, 0) is 44.8 Å². The minimum Gasteiger partial charge on any atom is -0.480 e. The molecule has 4 aromatic rings. The van der Waals surface area contributed by atoms with Crippen molar-refractivity contribution in [3.8, 4) is 21.6 Å². The van der Waals surface area contributed by atoms with Gasteiger partial charge in [0.15, 0.2) is 0 Å². The van der Waals surface area contributed by atoms with Gasteiger partial charge < -0.3 is 15.2 Å².